The molecule has 0 bridgehead atoms. The van der Waals surface area contributed by atoms with Crippen LogP contribution < -0.4 is 5.32 Å². The summed E-state index contributed by atoms with van der Waals surface area (Å²) < 4.78 is 0. The lowest BCUT2D eigenvalue weighted by atomic mass is 10.00. The van der Waals surface area contributed by atoms with E-state index in [-0.39, 0.29) is 24.5 Å². The van der Waals surface area contributed by atoms with Crippen molar-refractivity contribution in [2.24, 2.45) is 11.8 Å². The van der Waals surface area contributed by atoms with Crippen LogP contribution in [-0.2, 0) is 6.42 Å². The van der Waals surface area contributed by atoms with Gasteiger partial charge in [-0.25, -0.2) is 0 Å². The number of H-pyrrole nitrogens is 1. The molecule has 1 aromatic heterocycles. The number of carbonyl (C=O) groups excluding carboxylic acids is 1. The summed E-state index contributed by atoms with van der Waals surface area (Å²) in [6.07, 6.45) is 1.78. The van der Waals surface area contributed by atoms with E-state index < -0.39 is 0 Å². The van der Waals surface area contributed by atoms with Crippen LogP contribution in [0, 0.1) is 11.8 Å². The summed E-state index contributed by atoms with van der Waals surface area (Å²) in [5, 5.41) is 19.0. The third kappa shape index (κ3) is 4.67. The molecule has 0 fully saturated rings. The maximum absolute atomic E-state index is 12.0. The largest absolute Gasteiger partial charge is 0.394 e. The number of aromatic nitrogens is 2. The van der Waals surface area contributed by atoms with Crippen molar-refractivity contribution >= 4 is 5.91 Å². The van der Waals surface area contributed by atoms with Gasteiger partial charge in [0.25, 0.3) is 5.91 Å². The predicted octanol–water partition coefficient (Wildman–Crippen LogP) is 1.75. The summed E-state index contributed by atoms with van der Waals surface area (Å²) in [4.78, 5) is 12.0. The molecule has 0 aliphatic rings. The first-order valence-corrected chi connectivity index (χ1v) is 6.93. The smallest absolute Gasteiger partial charge is 0.272 e. The van der Waals surface area contributed by atoms with Gasteiger partial charge in [-0.05, 0) is 24.3 Å². The van der Waals surface area contributed by atoms with Crippen molar-refractivity contribution in [3.05, 3.63) is 17.5 Å². The highest BCUT2D eigenvalue weighted by Crippen LogP contribution is 2.10. The molecular weight excluding hydrogens is 242 g/mol. The van der Waals surface area contributed by atoms with Crippen LogP contribution in [0.1, 0.15) is 50.3 Å². The Morgan fingerprint density at radius 3 is 2.68 bits per heavy atom. The van der Waals surface area contributed by atoms with Gasteiger partial charge in [-0.3, -0.25) is 9.89 Å². The Morgan fingerprint density at radius 2 is 2.16 bits per heavy atom. The average molecular weight is 267 g/mol. The molecule has 3 N–H and O–H groups in total. The third-order valence-corrected chi connectivity index (χ3v) is 3.34. The van der Waals surface area contributed by atoms with Crippen LogP contribution in [0.4, 0.5) is 0 Å². The molecule has 1 heterocycles. The van der Waals surface area contributed by atoms with Crippen molar-refractivity contribution in [3.63, 3.8) is 0 Å². The Balaban J connectivity index is 2.64. The van der Waals surface area contributed by atoms with Crippen LogP contribution in [0.3, 0.4) is 0 Å². The monoisotopic (exact) mass is 267 g/mol. The summed E-state index contributed by atoms with van der Waals surface area (Å²) in [7, 11) is 0. The first kappa shape index (κ1) is 15.7. The minimum Gasteiger partial charge on any atom is -0.394 e. The topological polar surface area (TPSA) is 78.0 Å². The second kappa shape index (κ2) is 7.28. The van der Waals surface area contributed by atoms with Gasteiger partial charge in [0.15, 0.2) is 0 Å². The summed E-state index contributed by atoms with van der Waals surface area (Å²) >= 11 is 0. The number of amides is 1. The van der Waals surface area contributed by atoms with E-state index in [1.807, 2.05) is 13.8 Å². The minimum absolute atomic E-state index is 0.0516. The fourth-order valence-corrected chi connectivity index (χ4v) is 1.92. The normalized spacial score (nSPS) is 14.4. The zero-order chi connectivity index (χ0) is 14.4. The number of aliphatic hydroxyl groups excluding tert-OH is 1. The minimum atomic E-state index is -0.231. The van der Waals surface area contributed by atoms with Gasteiger partial charge in [-0.15, -0.1) is 0 Å². The summed E-state index contributed by atoms with van der Waals surface area (Å²) in [5.41, 5.74) is 1.35. The van der Waals surface area contributed by atoms with E-state index in [1.54, 1.807) is 6.07 Å². The highest BCUT2D eigenvalue weighted by Gasteiger charge is 2.19. The maximum atomic E-state index is 12.0. The number of nitrogens with zero attached hydrogens (tertiary/aromatic N) is 1. The molecule has 0 spiro atoms. The van der Waals surface area contributed by atoms with Crippen LogP contribution in [0.2, 0.25) is 0 Å². The van der Waals surface area contributed by atoms with Crippen LogP contribution >= 0.6 is 0 Å². The van der Waals surface area contributed by atoms with Gasteiger partial charge in [0.2, 0.25) is 0 Å². The standard InChI is InChI=1S/C14H25N3O2/c1-5-10(4)13(8-18)15-14(19)12-7-11(16-17-12)6-9(2)3/h7,9-10,13,18H,5-6,8H2,1-4H3,(H,15,19)(H,16,17). The quantitative estimate of drug-likeness (QED) is 0.704. The number of aromatic amines is 1. The Hall–Kier alpha value is -1.36. The molecule has 1 aromatic rings. The molecule has 0 radical (unpaired) electrons. The maximum Gasteiger partial charge on any atom is 0.272 e. The Morgan fingerprint density at radius 1 is 1.47 bits per heavy atom. The van der Waals surface area contributed by atoms with E-state index in [1.165, 1.54) is 0 Å². The number of hydrogen-bond acceptors (Lipinski definition) is 3. The zero-order valence-electron chi connectivity index (χ0n) is 12.2. The average Bonchev–Trinajstić information content (AvgIpc) is 2.82. The molecule has 5 nitrogen and oxygen atoms in total. The van der Waals surface area contributed by atoms with E-state index in [4.69, 9.17) is 0 Å². The SMILES string of the molecule is CCC(C)C(CO)NC(=O)c1cc(CC(C)C)[nH]n1. The lowest BCUT2D eigenvalue weighted by molar-refractivity contribution is 0.0886. The van der Waals surface area contributed by atoms with E-state index in [0.29, 0.717) is 11.6 Å². The lowest BCUT2D eigenvalue weighted by Crippen LogP contribution is -2.42. The highest BCUT2D eigenvalue weighted by molar-refractivity contribution is 5.92. The Bertz CT molecular complexity index is 401. The van der Waals surface area contributed by atoms with Crippen LogP contribution in [-0.4, -0.2) is 33.9 Å². The van der Waals surface area contributed by atoms with Gasteiger partial charge in [-0.1, -0.05) is 34.1 Å². The number of carbonyl (C=O) groups is 1. The predicted molar refractivity (Wildman–Crippen MR) is 74.9 cm³/mol. The molecule has 0 aromatic carbocycles. The van der Waals surface area contributed by atoms with Crippen molar-refractivity contribution in [2.75, 3.05) is 6.61 Å². The fourth-order valence-electron chi connectivity index (χ4n) is 1.92. The molecule has 5 heteroatoms. The molecule has 0 saturated heterocycles. The number of rotatable bonds is 7. The van der Waals surface area contributed by atoms with Crippen LogP contribution in [0.25, 0.3) is 0 Å². The Kier molecular flexibility index (Phi) is 6.02. The second-order valence-corrected chi connectivity index (χ2v) is 5.52. The van der Waals surface area contributed by atoms with Crippen LogP contribution in [0.15, 0.2) is 6.07 Å². The van der Waals surface area contributed by atoms with E-state index >= 15 is 0 Å². The van der Waals surface area contributed by atoms with Gasteiger partial charge < -0.3 is 10.4 Å². The van der Waals surface area contributed by atoms with Gasteiger partial charge >= 0.3 is 0 Å². The molecule has 19 heavy (non-hydrogen) atoms. The fraction of sp³-hybridized carbons (Fsp3) is 0.714. The molecule has 2 unspecified atom stereocenters. The Labute approximate surface area is 114 Å². The van der Waals surface area contributed by atoms with Crippen LogP contribution in [0.5, 0.6) is 0 Å². The first-order valence-electron chi connectivity index (χ1n) is 6.93. The summed E-state index contributed by atoms with van der Waals surface area (Å²) in [6, 6.07) is 1.56. The van der Waals surface area contributed by atoms with E-state index in [0.717, 1.165) is 18.5 Å². The summed E-state index contributed by atoms with van der Waals surface area (Å²) in [5.74, 6) is 0.523. The zero-order valence-corrected chi connectivity index (χ0v) is 12.2. The number of nitrogens with one attached hydrogen (secondary N) is 2. The molecule has 1 amide bonds. The lowest BCUT2D eigenvalue weighted by Gasteiger charge is -2.21. The van der Waals surface area contributed by atoms with Crippen molar-refractivity contribution < 1.29 is 9.90 Å². The first-order chi connectivity index (χ1) is 8.97. The number of aliphatic hydroxyl groups is 1. The van der Waals surface area contributed by atoms with Crippen molar-refractivity contribution in [2.45, 2.75) is 46.6 Å². The molecule has 108 valence electrons. The molecular formula is C14H25N3O2. The van der Waals surface area contributed by atoms with E-state index in [9.17, 15) is 9.90 Å². The van der Waals surface area contributed by atoms with Gasteiger partial charge in [0.05, 0.1) is 12.6 Å². The molecule has 0 aliphatic carbocycles. The summed E-state index contributed by atoms with van der Waals surface area (Å²) in [6.45, 7) is 8.23. The van der Waals surface area contributed by atoms with Crippen molar-refractivity contribution in [1.29, 1.82) is 0 Å². The van der Waals surface area contributed by atoms with Crippen molar-refractivity contribution in [3.8, 4) is 0 Å². The number of hydrogen-bond donors (Lipinski definition) is 3. The van der Waals surface area contributed by atoms with Gasteiger partial charge in [0.1, 0.15) is 5.69 Å². The van der Waals surface area contributed by atoms with Gasteiger partial charge in [-0.2, -0.15) is 5.10 Å². The molecule has 1 rings (SSSR count). The second-order valence-electron chi connectivity index (χ2n) is 5.52. The van der Waals surface area contributed by atoms with Gasteiger partial charge in [0, 0.05) is 5.69 Å². The molecule has 0 aliphatic heterocycles. The highest BCUT2D eigenvalue weighted by atomic mass is 16.3. The molecule has 2 atom stereocenters. The third-order valence-electron chi connectivity index (χ3n) is 3.34. The molecule has 0 saturated carbocycles. The van der Waals surface area contributed by atoms with E-state index in [2.05, 4.69) is 29.4 Å². The van der Waals surface area contributed by atoms with Crippen molar-refractivity contribution in [1.82, 2.24) is 15.5 Å².